The average molecular weight is 181 g/mol. The molecule has 0 heterocycles. The highest BCUT2D eigenvalue weighted by Crippen LogP contribution is 2.27. The highest BCUT2D eigenvalue weighted by Gasteiger charge is 2.12. The van der Waals surface area contributed by atoms with Crippen LogP contribution in [0.2, 0.25) is 0 Å². The molecule has 0 heteroatoms. The van der Waals surface area contributed by atoms with Gasteiger partial charge in [-0.1, -0.05) is 77.6 Å². The second-order valence-corrected chi connectivity index (χ2v) is 4.56. The van der Waals surface area contributed by atoms with Gasteiger partial charge in [0, 0.05) is 0 Å². The summed E-state index contributed by atoms with van der Waals surface area (Å²) in [4.78, 5) is 0. The summed E-state index contributed by atoms with van der Waals surface area (Å²) >= 11 is 0. The van der Waals surface area contributed by atoms with E-state index >= 15 is 0 Å². The molecule has 0 bridgehead atoms. The van der Waals surface area contributed by atoms with Gasteiger partial charge in [-0.3, -0.25) is 0 Å². The summed E-state index contributed by atoms with van der Waals surface area (Å²) in [5, 5.41) is 0. The zero-order valence-electron chi connectivity index (χ0n) is 9.06. The first-order chi connectivity index (χ1) is 6.43. The number of hydrogen-bond donors (Lipinski definition) is 0. The van der Waals surface area contributed by atoms with Crippen molar-refractivity contribution in [3.8, 4) is 0 Å². The molecule has 0 nitrogen and oxygen atoms in total. The van der Waals surface area contributed by atoms with Crippen LogP contribution >= 0.6 is 0 Å². The lowest BCUT2D eigenvalue weighted by atomic mass is 9.85. The summed E-state index contributed by atoms with van der Waals surface area (Å²) in [6, 6.07) is 0. The Morgan fingerprint density at radius 1 is 0.846 bits per heavy atom. The topological polar surface area (TPSA) is 0 Å². The maximum absolute atomic E-state index is 3.87. The smallest absolute Gasteiger partial charge is 0.0414 e. The minimum Gasteiger partial charge on any atom is -0.0533 e. The van der Waals surface area contributed by atoms with Crippen LogP contribution in [0.1, 0.15) is 70.6 Å². The fourth-order valence-electron chi connectivity index (χ4n) is 2.44. The minimum atomic E-state index is 1.09. The molecule has 0 aromatic carbocycles. The summed E-state index contributed by atoms with van der Waals surface area (Å²) in [6.45, 7) is 3.87. The van der Waals surface area contributed by atoms with Crippen molar-refractivity contribution >= 4 is 0 Å². The zero-order chi connectivity index (χ0) is 9.36. The largest absolute Gasteiger partial charge is 0.0533 e. The summed E-state index contributed by atoms with van der Waals surface area (Å²) in [5.74, 6) is 1.09. The van der Waals surface area contributed by atoms with Gasteiger partial charge in [-0.2, -0.15) is 0 Å². The van der Waals surface area contributed by atoms with Crippen LogP contribution in [-0.2, 0) is 0 Å². The SMILES string of the molecule is [CH2]CCCCCCC1CCCCC1. The van der Waals surface area contributed by atoms with Crippen LogP contribution in [0.25, 0.3) is 0 Å². The zero-order valence-corrected chi connectivity index (χ0v) is 9.06. The lowest BCUT2D eigenvalue weighted by molar-refractivity contribution is 0.328. The Bertz CT molecular complexity index is 101. The van der Waals surface area contributed by atoms with Crippen LogP contribution < -0.4 is 0 Å². The van der Waals surface area contributed by atoms with E-state index < -0.39 is 0 Å². The first-order valence-electron chi connectivity index (χ1n) is 6.22. The molecule has 1 saturated carbocycles. The average Bonchev–Trinajstić information content (AvgIpc) is 2.19. The van der Waals surface area contributed by atoms with Crippen molar-refractivity contribution in [1.82, 2.24) is 0 Å². The van der Waals surface area contributed by atoms with Crippen LogP contribution in [0.4, 0.5) is 0 Å². The van der Waals surface area contributed by atoms with Gasteiger partial charge >= 0.3 is 0 Å². The Kier molecular flexibility index (Phi) is 6.31. The van der Waals surface area contributed by atoms with Crippen molar-refractivity contribution in [2.45, 2.75) is 70.6 Å². The molecular weight excluding hydrogens is 156 g/mol. The summed E-state index contributed by atoms with van der Waals surface area (Å²) in [6.07, 6.45) is 15.9. The van der Waals surface area contributed by atoms with Gasteiger partial charge in [0.2, 0.25) is 0 Å². The maximum atomic E-state index is 3.87. The van der Waals surface area contributed by atoms with Gasteiger partial charge in [-0.15, -0.1) is 0 Å². The molecule has 0 unspecified atom stereocenters. The monoisotopic (exact) mass is 181 g/mol. The van der Waals surface area contributed by atoms with Crippen LogP contribution in [0, 0.1) is 12.8 Å². The van der Waals surface area contributed by atoms with Crippen molar-refractivity contribution < 1.29 is 0 Å². The predicted octanol–water partition coefficient (Wildman–Crippen LogP) is 4.74. The van der Waals surface area contributed by atoms with Gasteiger partial charge in [-0.05, 0) is 5.92 Å². The van der Waals surface area contributed by atoms with Gasteiger partial charge < -0.3 is 0 Å². The standard InChI is InChI=1S/C13H25/c1-2-3-4-5-7-10-13-11-8-6-9-12-13/h13H,1-12H2. The molecule has 0 atom stereocenters. The van der Waals surface area contributed by atoms with Crippen molar-refractivity contribution in [1.29, 1.82) is 0 Å². The molecule has 1 fully saturated rings. The van der Waals surface area contributed by atoms with Crippen molar-refractivity contribution in [2.75, 3.05) is 0 Å². The van der Waals surface area contributed by atoms with Gasteiger partial charge in [0.05, 0.1) is 0 Å². The van der Waals surface area contributed by atoms with Crippen LogP contribution in [0.5, 0.6) is 0 Å². The van der Waals surface area contributed by atoms with E-state index in [-0.39, 0.29) is 0 Å². The van der Waals surface area contributed by atoms with Crippen molar-refractivity contribution in [2.24, 2.45) is 5.92 Å². The Morgan fingerprint density at radius 3 is 2.23 bits per heavy atom. The second kappa shape index (κ2) is 7.41. The van der Waals surface area contributed by atoms with Crippen LogP contribution in [-0.4, -0.2) is 0 Å². The third-order valence-corrected chi connectivity index (χ3v) is 3.34. The van der Waals surface area contributed by atoms with Gasteiger partial charge in [0.1, 0.15) is 0 Å². The van der Waals surface area contributed by atoms with E-state index in [2.05, 4.69) is 6.92 Å². The molecule has 0 aromatic heterocycles. The molecular formula is C13H25. The highest BCUT2D eigenvalue weighted by molar-refractivity contribution is 4.65. The van der Waals surface area contributed by atoms with E-state index in [1.54, 1.807) is 0 Å². The molecule has 1 aliphatic carbocycles. The van der Waals surface area contributed by atoms with Crippen LogP contribution in [0.3, 0.4) is 0 Å². The summed E-state index contributed by atoms with van der Waals surface area (Å²) in [7, 11) is 0. The molecule has 1 radical (unpaired) electrons. The highest BCUT2D eigenvalue weighted by atomic mass is 14.2. The molecule has 1 aliphatic rings. The van der Waals surface area contributed by atoms with Crippen molar-refractivity contribution in [3.05, 3.63) is 6.92 Å². The Labute approximate surface area is 84.1 Å². The maximum Gasteiger partial charge on any atom is -0.0414 e. The van der Waals surface area contributed by atoms with E-state index in [9.17, 15) is 0 Å². The van der Waals surface area contributed by atoms with Gasteiger partial charge in [0.25, 0.3) is 0 Å². The van der Waals surface area contributed by atoms with E-state index in [0.29, 0.717) is 0 Å². The Balaban J connectivity index is 1.86. The molecule has 0 amide bonds. The first-order valence-corrected chi connectivity index (χ1v) is 6.22. The molecule has 0 spiro atoms. The molecule has 0 saturated heterocycles. The fourth-order valence-corrected chi connectivity index (χ4v) is 2.44. The molecule has 0 aromatic rings. The van der Waals surface area contributed by atoms with E-state index in [4.69, 9.17) is 0 Å². The molecule has 13 heavy (non-hydrogen) atoms. The third kappa shape index (κ3) is 5.33. The number of unbranched alkanes of at least 4 members (excludes halogenated alkanes) is 4. The van der Waals surface area contributed by atoms with Gasteiger partial charge in [-0.25, -0.2) is 0 Å². The number of rotatable bonds is 6. The van der Waals surface area contributed by atoms with Crippen LogP contribution in [0.15, 0.2) is 0 Å². The summed E-state index contributed by atoms with van der Waals surface area (Å²) in [5.41, 5.74) is 0. The first kappa shape index (κ1) is 11.1. The predicted molar refractivity (Wildman–Crippen MR) is 59.6 cm³/mol. The minimum absolute atomic E-state index is 1.09. The number of hydrogen-bond acceptors (Lipinski definition) is 0. The lowest BCUT2D eigenvalue weighted by Crippen LogP contribution is -2.05. The molecule has 0 aliphatic heterocycles. The molecule has 1 rings (SSSR count). The van der Waals surface area contributed by atoms with E-state index in [1.165, 1.54) is 64.2 Å². The summed E-state index contributed by atoms with van der Waals surface area (Å²) < 4.78 is 0. The van der Waals surface area contributed by atoms with E-state index in [1.807, 2.05) is 0 Å². The van der Waals surface area contributed by atoms with Crippen molar-refractivity contribution in [3.63, 3.8) is 0 Å². The molecule has 77 valence electrons. The Hall–Kier alpha value is 0. The molecule has 0 N–H and O–H groups in total. The Morgan fingerprint density at radius 2 is 1.54 bits per heavy atom. The third-order valence-electron chi connectivity index (χ3n) is 3.34. The second-order valence-electron chi connectivity index (χ2n) is 4.56. The normalized spacial score (nSPS) is 19.2. The quantitative estimate of drug-likeness (QED) is 0.519. The lowest BCUT2D eigenvalue weighted by Gasteiger charge is -2.21. The van der Waals surface area contributed by atoms with Gasteiger partial charge in [0.15, 0.2) is 0 Å². The fraction of sp³-hybridized carbons (Fsp3) is 0.923. The van der Waals surface area contributed by atoms with E-state index in [0.717, 1.165) is 12.3 Å².